The lowest BCUT2D eigenvalue weighted by molar-refractivity contribution is -0.385. The number of rotatable bonds is 7. The summed E-state index contributed by atoms with van der Waals surface area (Å²) in [7, 11) is 0. The van der Waals surface area contributed by atoms with Gasteiger partial charge in [0.2, 0.25) is 0 Å². The summed E-state index contributed by atoms with van der Waals surface area (Å²) >= 11 is 7.66. The van der Waals surface area contributed by atoms with Crippen molar-refractivity contribution in [2.75, 3.05) is 18.6 Å². The van der Waals surface area contributed by atoms with E-state index in [0.29, 0.717) is 23.0 Å². The maximum absolute atomic E-state index is 10.9. The summed E-state index contributed by atoms with van der Waals surface area (Å²) in [4.78, 5) is 10.5. The van der Waals surface area contributed by atoms with Crippen LogP contribution in [-0.2, 0) is 6.54 Å². The molecule has 6 heteroatoms. The Bertz CT molecular complexity index is 415. The minimum atomic E-state index is -0.376. The second-order valence-corrected chi connectivity index (χ2v) is 5.57. The molecule has 0 bridgehead atoms. The molecule has 0 aliphatic carbocycles. The first-order valence-corrected chi connectivity index (χ1v) is 7.44. The van der Waals surface area contributed by atoms with Crippen LogP contribution in [0.4, 0.5) is 5.69 Å². The lowest BCUT2D eigenvalue weighted by Gasteiger charge is -2.11. The quantitative estimate of drug-likeness (QED) is 0.617. The summed E-state index contributed by atoms with van der Waals surface area (Å²) < 4.78 is 0. The molecule has 0 fully saturated rings. The number of thioether (sulfide) groups is 1. The summed E-state index contributed by atoms with van der Waals surface area (Å²) in [6.45, 7) is 3.45. The summed E-state index contributed by atoms with van der Waals surface area (Å²) in [5.41, 5.74) is 0.744. The molecule has 0 saturated carbocycles. The van der Waals surface area contributed by atoms with Crippen LogP contribution in [0.15, 0.2) is 18.2 Å². The molecule has 0 radical (unpaired) electrons. The topological polar surface area (TPSA) is 55.2 Å². The standard InChI is InChI=1S/C12H17ClN2O2S/c1-9(8-18-2)6-14-7-10-5-11(13)3-4-12(10)15(16)17/h3-5,9,14H,6-8H2,1-2H3. The molecule has 0 aliphatic rings. The number of benzene rings is 1. The fourth-order valence-electron chi connectivity index (χ4n) is 1.67. The molecule has 1 atom stereocenters. The van der Waals surface area contributed by atoms with Gasteiger partial charge in [-0.25, -0.2) is 0 Å². The van der Waals surface area contributed by atoms with Crippen molar-refractivity contribution in [2.45, 2.75) is 13.5 Å². The van der Waals surface area contributed by atoms with Gasteiger partial charge >= 0.3 is 0 Å². The van der Waals surface area contributed by atoms with Crippen LogP contribution in [0.1, 0.15) is 12.5 Å². The van der Waals surface area contributed by atoms with Crippen molar-refractivity contribution < 1.29 is 4.92 Å². The molecule has 18 heavy (non-hydrogen) atoms. The largest absolute Gasteiger partial charge is 0.312 e. The summed E-state index contributed by atoms with van der Waals surface area (Å²) in [6.07, 6.45) is 2.07. The number of halogens is 1. The van der Waals surface area contributed by atoms with Crippen LogP contribution in [-0.4, -0.2) is 23.5 Å². The summed E-state index contributed by atoms with van der Waals surface area (Å²) in [6, 6.07) is 4.64. The monoisotopic (exact) mass is 288 g/mol. The van der Waals surface area contributed by atoms with E-state index >= 15 is 0 Å². The molecule has 0 heterocycles. The molecule has 100 valence electrons. The average molecular weight is 289 g/mol. The maximum Gasteiger partial charge on any atom is 0.273 e. The number of nitro benzene ring substituents is 1. The number of nitrogens with zero attached hydrogens (tertiary/aromatic N) is 1. The second-order valence-electron chi connectivity index (χ2n) is 4.22. The smallest absolute Gasteiger partial charge is 0.273 e. The Kier molecular flexibility index (Phi) is 6.46. The van der Waals surface area contributed by atoms with Crippen molar-refractivity contribution in [3.05, 3.63) is 38.9 Å². The molecule has 0 aliphatic heterocycles. The highest BCUT2D eigenvalue weighted by atomic mass is 35.5. The zero-order valence-corrected chi connectivity index (χ0v) is 12.1. The van der Waals surface area contributed by atoms with Crippen LogP contribution < -0.4 is 5.32 Å². The minimum Gasteiger partial charge on any atom is -0.312 e. The Morgan fingerprint density at radius 3 is 2.89 bits per heavy atom. The molecule has 1 aromatic carbocycles. The van der Waals surface area contributed by atoms with E-state index in [-0.39, 0.29) is 10.6 Å². The lowest BCUT2D eigenvalue weighted by atomic mass is 10.1. The van der Waals surface area contributed by atoms with E-state index < -0.39 is 0 Å². The lowest BCUT2D eigenvalue weighted by Crippen LogP contribution is -2.22. The van der Waals surface area contributed by atoms with E-state index in [4.69, 9.17) is 11.6 Å². The van der Waals surface area contributed by atoms with Crippen LogP contribution in [0.25, 0.3) is 0 Å². The fraction of sp³-hybridized carbons (Fsp3) is 0.500. The Morgan fingerprint density at radius 2 is 2.28 bits per heavy atom. The van der Waals surface area contributed by atoms with Gasteiger partial charge in [0.25, 0.3) is 5.69 Å². The van der Waals surface area contributed by atoms with Crippen molar-refractivity contribution in [3.8, 4) is 0 Å². The highest BCUT2D eigenvalue weighted by molar-refractivity contribution is 7.98. The number of nitrogens with one attached hydrogen (secondary N) is 1. The molecule has 0 saturated heterocycles. The van der Waals surface area contributed by atoms with E-state index in [1.807, 2.05) is 0 Å². The third kappa shape index (κ3) is 4.84. The van der Waals surface area contributed by atoms with Gasteiger partial charge in [-0.1, -0.05) is 18.5 Å². The SMILES string of the molecule is CSCC(C)CNCc1cc(Cl)ccc1[N+](=O)[O-]. The first kappa shape index (κ1) is 15.3. The maximum atomic E-state index is 10.9. The van der Waals surface area contributed by atoms with Crippen LogP contribution in [0, 0.1) is 16.0 Å². The van der Waals surface area contributed by atoms with E-state index in [0.717, 1.165) is 12.3 Å². The van der Waals surface area contributed by atoms with Gasteiger partial charge < -0.3 is 5.32 Å². The fourth-order valence-corrected chi connectivity index (χ4v) is 2.55. The molecule has 1 unspecified atom stereocenters. The Morgan fingerprint density at radius 1 is 1.56 bits per heavy atom. The van der Waals surface area contributed by atoms with Crippen molar-refractivity contribution >= 4 is 29.1 Å². The van der Waals surface area contributed by atoms with Crippen LogP contribution in [0.2, 0.25) is 5.02 Å². The molecule has 0 aromatic heterocycles. The van der Waals surface area contributed by atoms with Gasteiger partial charge in [-0.15, -0.1) is 0 Å². The summed E-state index contributed by atoms with van der Waals surface area (Å²) in [5.74, 6) is 1.61. The normalized spacial score (nSPS) is 12.4. The Hall–Kier alpha value is -0.780. The molecule has 0 spiro atoms. The second kappa shape index (κ2) is 7.61. The van der Waals surface area contributed by atoms with Gasteiger partial charge in [-0.05, 0) is 36.6 Å². The number of nitro groups is 1. The first-order valence-electron chi connectivity index (χ1n) is 5.67. The van der Waals surface area contributed by atoms with E-state index in [1.165, 1.54) is 6.07 Å². The Balaban J connectivity index is 2.60. The van der Waals surface area contributed by atoms with Crippen molar-refractivity contribution in [1.82, 2.24) is 5.32 Å². The molecule has 1 N–H and O–H groups in total. The third-order valence-corrected chi connectivity index (χ3v) is 3.64. The first-order chi connectivity index (χ1) is 8.54. The van der Waals surface area contributed by atoms with Gasteiger partial charge in [-0.2, -0.15) is 11.8 Å². The predicted octanol–water partition coefficient (Wildman–Crippen LogP) is 3.34. The molecule has 0 amide bonds. The van der Waals surface area contributed by atoms with Gasteiger partial charge in [0.05, 0.1) is 4.92 Å². The van der Waals surface area contributed by atoms with Crippen LogP contribution >= 0.6 is 23.4 Å². The zero-order chi connectivity index (χ0) is 13.5. The highest BCUT2D eigenvalue weighted by Gasteiger charge is 2.13. The van der Waals surface area contributed by atoms with E-state index in [9.17, 15) is 10.1 Å². The van der Waals surface area contributed by atoms with Gasteiger partial charge in [0.1, 0.15) is 0 Å². The van der Waals surface area contributed by atoms with E-state index in [1.54, 1.807) is 23.9 Å². The molecular weight excluding hydrogens is 272 g/mol. The van der Waals surface area contributed by atoms with Gasteiger partial charge in [0.15, 0.2) is 0 Å². The van der Waals surface area contributed by atoms with Gasteiger partial charge in [-0.3, -0.25) is 10.1 Å². The third-order valence-electron chi connectivity index (χ3n) is 2.50. The molecule has 1 aromatic rings. The minimum absolute atomic E-state index is 0.115. The van der Waals surface area contributed by atoms with Crippen molar-refractivity contribution in [2.24, 2.45) is 5.92 Å². The number of hydrogen-bond acceptors (Lipinski definition) is 4. The predicted molar refractivity (Wildman–Crippen MR) is 77.4 cm³/mol. The zero-order valence-electron chi connectivity index (χ0n) is 10.5. The van der Waals surface area contributed by atoms with Gasteiger partial charge in [0, 0.05) is 23.2 Å². The molecular formula is C12H17ClN2O2S. The van der Waals surface area contributed by atoms with Crippen molar-refractivity contribution in [1.29, 1.82) is 0 Å². The summed E-state index contributed by atoms with van der Waals surface area (Å²) in [5, 5.41) is 14.6. The van der Waals surface area contributed by atoms with Crippen molar-refractivity contribution in [3.63, 3.8) is 0 Å². The van der Waals surface area contributed by atoms with Crippen LogP contribution in [0.3, 0.4) is 0 Å². The van der Waals surface area contributed by atoms with Crippen LogP contribution in [0.5, 0.6) is 0 Å². The highest BCUT2D eigenvalue weighted by Crippen LogP contribution is 2.22. The van der Waals surface area contributed by atoms with E-state index in [2.05, 4.69) is 18.5 Å². The average Bonchev–Trinajstić information content (AvgIpc) is 2.29. The molecule has 4 nitrogen and oxygen atoms in total. The Labute approximate surface area is 116 Å². The molecule has 1 rings (SSSR count). The number of hydrogen-bond donors (Lipinski definition) is 1.